The number of para-hydroxylation sites is 1. The lowest BCUT2D eigenvalue weighted by molar-refractivity contribution is -0.140. The van der Waals surface area contributed by atoms with E-state index in [4.69, 9.17) is 11.6 Å². The third-order valence-electron chi connectivity index (χ3n) is 5.66. The summed E-state index contributed by atoms with van der Waals surface area (Å²) in [6.45, 7) is 3.69. The number of benzene rings is 3. The van der Waals surface area contributed by atoms with E-state index in [-0.39, 0.29) is 17.3 Å². The molecule has 1 atom stereocenters. The number of sulfonamides is 1. The molecule has 1 N–H and O–H groups in total. The van der Waals surface area contributed by atoms with E-state index in [0.29, 0.717) is 23.7 Å². The summed E-state index contributed by atoms with van der Waals surface area (Å²) in [5.41, 5.74) is 1.12. The second kappa shape index (κ2) is 12.6. The molecule has 0 aromatic heterocycles. The molecule has 0 aliphatic heterocycles. The van der Waals surface area contributed by atoms with Gasteiger partial charge < -0.3 is 10.2 Å². The second-order valence-corrected chi connectivity index (χ2v) is 10.4. The average molecular weight is 528 g/mol. The van der Waals surface area contributed by atoms with E-state index in [1.165, 1.54) is 17.0 Å². The van der Waals surface area contributed by atoms with Crippen molar-refractivity contribution in [3.8, 4) is 0 Å². The number of nitrogens with one attached hydrogen (secondary N) is 1. The Hall–Kier alpha value is -3.36. The Labute approximate surface area is 217 Å². The molecule has 190 valence electrons. The molecule has 0 fully saturated rings. The van der Waals surface area contributed by atoms with Crippen LogP contribution < -0.4 is 9.62 Å². The van der Waals surface area contributed by atoms with Crippen molar-refractivity contribution in [2.45, 2.75) is 37.8 Å². The Bertz CT molecular complexity index is 1250. The van der Waals surface area contributed by atoms with Gasteiger partial charge in [0, 0.05) is 18.1 Å². The molecular weight excluding hydrogens is 498 g/mol. The number of nitrogens with zero attached hydrogens (tertiary/aromatic N) is 2. The highest BCUT2D eigenvalue weighted by molar-refractivity contribution is 7.92. The fourth-order valence-corrected chi connectivity index (χ4v) is 5.40. The molecule has 0 saturated carbocycles. The van der Waals surface area contributed by atoms with Crippen molar-refractivity contribution >= 4 is 39.1 Å². The number of likely N-dealkylation sites (N-methyl/N-ethyl adjacent to an activating group) is 1. The minimum atomic E-state index is -4.06. The van der Waals surface area contributed by atoms with Crippen LogP contribution >= 0.6 is 11.6 Å². The summed E-state index contributed by atoms with van der Waals surface area (Å²) >= 11 is 6.02. The molecule has 36 heavy (non-hydrogen) atoms. The summed E-state index contributed by atoms with van der Waals surface area (Å²) in [5, 5.41) is 3.33. The summed E-state index contributed by atoms with van der Waals surface area (Å²) in [7, 11) is -4.06. The Kier molecular flexibility index (Phi) is 9.50. The van der Waals surface area contributed by atoms with Crippen LogP contribution in [0.5, 0.6) is 0 Å². The predicted molar refractivity (Wildman–Crippen MR) is 142 cm³/mol. The van der Waals surface area contributed by atoms with Gasteiger partial charge in [0.2, 0.25) is 11.8 Å². The minimum Gasteiger partial charge on any atom is -0.355 e. The topological polar surface area (TPSA) is 86.8 Å². The van der Waals surface area contributed by atoms with E-state index in [2.05, 4.69) is 5.32 Å². The quantitative estimate of drug-likeness (QED) is 0.398. The minimum absolute atomic E-state index is 0.0710. The summed E-state index contributed by atoms with van der Waals surface area (Å²) in [6.07, 6.45) is 0.363. The summed E-state index contributed by atoms with van der Waals surface area (Å²) < 4.78 is 28.3. The number of amides is 2. The smallest absolute Gasteiger partial charge is 0.264 e. The predicted octanol–water partition coefficient (Wildman–Crippen LogP) is 4.48. The van der Waals surface area contributed by atoms with Gasteiger partial charge in [0.05, 0.1) is 10.6 Å². The van der Waals surface area contributed by atoms with Crippen molar-refractivity contribution in [3.05, 3.63) is 95.5 Å². The average Bonchev–Trinajstić information content (AvgIpc) is 2.89. The van der Waals surface area contributed by atoms with Crippen LogP contribution in [0.15, 0.2) is 89.8 Å². The van der Waals surface area contributed by atoms with E-state index >= 15 is 0 Å². The Balaban J connectivity index is 2.01. The number of halogens is 1. The van der Waals surface area contributed by atoms with Gasteiger partial charge in [-0.25, -0.2) is 8.42 Å². The monoisotopic (exact) mass is 527 g/mol. The van der Waals surface area contributed by atoms with Crippen LogP contribution in [0.3, 0.4) is 0 Å². The third-order valence-corrected chi connectivity index (χ3v) is 7.70. The summed E-state index contributed by atoms with van der Waals surface area (Å²) in [4.78, 5) is 28.2. The molecule has 3 rings (SSSR count). The molecule has 7 nitrogen and oxygen atoms in total. The number of rotatable bonds is 11. The molecule has 0 aliphatic rings. The molecular formula is C27H30ClN3O4S. The van der Waals surface area contributed by atoms with Crippen LogP contribution in [0, 0.1) is 0 Å². The van der Waals surface area contributed by atoms with Crippen LogP contribution in [0.2, 0.25) is 5.02 Å². The number of carbonyl (C=O) groups is 2. The van der Waals surface area contributed by atoms with Gasteiger partial charge in [-0.1, -0.05) is 67.1 Å². The maximum absolute atomic E-state index is 13.8. The molecule has 0 heterocycles. The van der Waals surface area contributed by atoms with Gasteiger partial charge in [0.15, 0.2) is 0 Å². The molecule has 0 aliphatic carbocycles. The van der Waals surface area contributed by atoms with E-state index in [0.717, 1.165) is 9.87 Å². The molecule has 0 spiro atoms. The van der Waals surface area contributed by atoms with Crippen molar-refractivity contribution in [1.82, 2.24) is 10.2 Å². The second-order valence-electron chi connectivity index (χ2n) is 8.13. The molecule has 3 aromatic carbocycles. The fraction of sp³-hybridized carbons (Fsp3) is 0.259. The van der Waals surface area contributed by atoms with Gasteiger partial charge in [-0.3, -0.25) is 13.9 Å². The number of anilines is 1. The maximum atomic E-state index is 13.8. The van der Waals surface area contributed by atoms with Crippen molar-refractivity contribution in [2.75, 3.05) is 17.4 Å². The zero-order chi connectivity index (χ0) is 26.1. The van der Waals surface area contributed by atoms with Gasteiger partial charge in [-0.05, 0) is 55.3 Å². The fourth-order valence-electron chi connectivity index (χ4n) is 3.84. The largest absolute Gasteiger partial charge is 0.355 e. The van der Waals surface area contributed by atoms with Crippen LogP contribution in [-0.4, -0.2) is 44.3 Å². The maximum Gasteiger partial charge on any atom is 0.264 e. The number of hydrogen-bond donors (Lipinski definition) is 1. The molecule has 0 unspecified atom stereocenters. The first-order chi connectivity index (χ1) is 17.3. The van der Waals surface area contributed by atoms with E-state index < -0.39 is 28.5 Å². The van der Waals surface area contributed by atoms with Crippen molar-refractivity contribution in [3.63, 3.8) is 0 Å². The van der Waals surface area contributed by atoms with E-state index in [9.17, 15) is 18.0 Å². The van der Waals surface area contributed by atoms with Crippen LogP contribution in [0.1, 0.15) is 25.8 Å². The summed E-state index contributed by atoms with van der Waals surface area (Å²) in [5.74, 6) is -0.786. The molecule has 0 radical (unpaired) electrons. The van der Waals surface area contributed by atoms with Crippen LogP contribution in [-0.2, 0) is 26.2 Å². The Morgan fingerprint density at radius 3 is 2.03 bits per heavy atom. The van der Waals surface area contributed by atoms with Gasteiger partial charge >= 0.3 is 0 Å². The highest BCUT2D eigenvalue weighted by atomic mass is 35.5. The van der Waals surface area contributed by atoms with Crippen molar-refractivity contribution < 1.29 is 18.0 Å². The SMILES string of the molecule is CCNC(=O)[C@H](CC)N(Cc1ccc(Cl)cc1)C(=O)CN(c1ccccc1)S(=O)(=O)c1ccccc1. The first-order valence-electron chi connectivity index (χ1n) is 11.7. The zero-order valence-corrected chi connectivity index (χ0v) is 21.9. The first-order valence-corrected chi connectivity index (χ1v) is 13.5. The Morgan fingerprint density at radius 2 is 1.47 bits per heavy atom. The molecule has 9 heteroatoms. The number of carbonyl (C=O) groups excluding carboxylic acids is 2. The highest BCUT2D eigenvalue weighted by Gasteiger charge is 2.33. The van der Waals surface area contributed by atoms with Crippen LogP contribution in [0.25, 0.3) is 0 Å². The lowest BCUT2D eigenvalue weighted by atomic mass is 10.1. The van der Waals surface area contributed by atoms with Gasteiger partial charge in [0.1, 0.15) is 12.6 Å². The molecule has 2 amide bonds. The number of hydrogen-bond acceptors (Lipinski definition) is 4. The molecule has 3 aromatic rings. The Morgan fingerprint density at radius 1 is 0.889 bits per heavy atom. The molecule has 0 saturated heterocycles. The summed E-state index contributed by atoms with van der Waals surface area (Å²) in [6, 6.07) is 22.6. The van der Waals surface area contributed by atoms with Gasteiger partial charge in [-0.15, -0.1) is 0 Å². The van der Waals surface area contributed by atoms with Crippen molar-refractivity contribution in [1.29, 1.82) is 0 Å². The lowest BCUT2D eigenvalue weighted by Crippen LogP contribution is -2.52. The van der Waals surface area contributed by atoms with Gasteiger partial charge in [0.25, 0.3) is 10.0 Å². The highest BCUT2D eigenvalue weighted by Crippen LogP contribution is 2.24. The van der Waals surface area contributed by atoms with Crippen LogP contribution in [0.4, 0.5) is 5.69 Å². The van der Waals surface area contributed by atoms with Gasteiger partial charge in [-0.2, -0.15) is 0 Å². The third kappa shape index (κ3) is 6.65. The zero-order valence-electron chi connectivity index (χ0n) is 20.3. The molecule has 0 bridgehead atoms. The standard InChI is InChI=1S/C27H30ClN3O4S/c1-3-25(27(33)29-4-2)30(19-21-15-17-22(28)18-16-21)26(32)20-31(23-11-7-5-8-12-23)36(34,35)24-13-9-6-10-14-24/h5-18,25H,3-4,19-20H2,1-2H3,(H,29,33)/t25-/m0/s1. The lowest BCUT2D eigenvalue weighted by Gasteiger charge is -2.33. The van der Waals surface area contributed by atoms with E-state index in [1.807, 2.05) is 6.92 Å². The van der Waals surface area contributed by atoms with E-state index in [1.54, 1.807) is 79.7 Å². The van der Waals surface area contributed by atoms with Crippen molar-refractivity contribution in [2.24, 2.45) is 0 Å². The normalized spacial score (nSPS) is 12.0. The first kappa shape index (κ1) is 27.2.